The lowest BCUT2D eigenvalue weighted by molar-refractivity contribution is 0.0939. The fourth-order valence-corrected chi connectivity index (χ4v) is 2.87. The second kappa shape index (κ2) is 6.53. The number of likely N-dealkylation sites (tertiary alicyclic amines) is 1. The molecule has 0 bridgehead atoms. The highest BCUT2D eigenvalue weighted by Crippen LogP contribution is 2.19. The smallest absolute Gasteiger partial charge is 0.251 e. The Bertz CT molecular complexity index is 455. The van der Waals surface area contributed by atoms with Crippen molar-refractivity contribution in [1.29, 1.82) is 0 Å². The lowest BCUT2D eigenvalue weighted by atomic mass is 10.1. The number of benzene rings is 1. The zero-order valence-corrected chi connectivity index (χ0v) is 13.2. The first kappa shape index (κ1) is 14.5. The van der Waals surface area contributed by atoms with Crippen LogP contribution in [0.15, 0.2) is 22.7 Å². The zero-order chi connectivity index (χ0) is 13.8. The third-order valence-corrected chi connectivity index (χ3v) is 4.69. The summed E-state index contributed by atoms with van der Waals surface area (Å²) in [5.74, 6) is 0.0184. The summed E-state index contributed by atoms with van der Waals surface area (Å²) in [6.07, 6.45) is 2.56. The van der Waals surface area contributed by atoms with Gasteiger partial charge in [-0.05, 0) is 57.5 Å². The van der Waals surface area contributed by atoms with Gasteiger partial charge >= 0.3 is 0 Å². The number of amides is 1. The summed E-state index contributed by atoms with van der Waals surface area (Å²) in [6.45, 7) is 7.17. The Balaban J connectivity index is 1.92. The summed E-state index contributed by atoms with van der Waals surface area (Å²) in [4.78, 5) is 14.6. The molecular formula is C15H21BrN2O. The van der Waals surface area contributed by atoms with Crippen LogP contribution in [-0.2, 0) is 0 Å². The molecule has 0 spiro atoms. The largest absolute Gasteiger partial charge is 0.350 e. The molecular weight excluding hydrogens is 304 g/mol. The Kier molecular flexibility index (Phi) is 4.99. The molecule has 0 saturated carbocycles. The van der Waals surface area contributed by atoms with Gasteiger partial charge in [-0.1, -0.05) is 22.0 Å². The first-order chi connectivity index (χ1) is 9.09. The summed E-state index contributed by atoms with van der Waals surface area (Å²) >= 11 is 3.46. The van der Waals surface area contributed by atoms with Gasteiger partial charge in [0.05, 0.1) is 0 Å². The molecule has 1 aliphatic heterocycles. The van der Waals surface area contributed by atoms with Gasteiger partial charge in [-0.25, -0.2) is 0 Å². The molecule has 19 heavy (non-hydrogen) atoms. The first-order valence-corrected chi connectivity index (χ1v) is 7.66. The fraction of sp³-hybridized carbons (Fsp3) is 0.533. The number of rotatable bonds is 4. The highest BCUT2D eigenvalue weighted by Gasteiger charge is 2.19. The molecule has 0 aromatic heterocycles. The normalized spacial score (nSPS) is 17.4. The van der Waals surface area contributed by atoms with Gasteiger partial charge in [-0.15, -0.1) is 0 Å². The topological polar surface area (TPSA) is 32.3 Å². The van der Waals surface area contributed by atoms with Gasteiger partial charge in [0, 0.05) is 22.6 Å². The molecule has 1 aliphatic rings. The summed E-state index contributed by atoms with van der Waals surface area (Å²) in [7, 11) is 0. The van der Waals surface area contributed by atoms with Crippen molar-refractivity contribution in [3.63, 3.8) is 0 Å². The Morgan fingerprint density at radius 2 is 2.11 bits per heavy atom. The highest BCUT2D eigenvalue weighted by molar-refractivity contribution is 9.10. The second-order valence-electron chi connectivity index (χ2n) is 5.21. The molecule has 1 N–H and O–H groups in total. The highest BCUT2D eigenvalue weighted by atomic mass is 79.9. The van der Waals surface area contributed by atoms with Crippen molar-refractivity contribution in [2.24, 2.45) is 0 Å². The van der Waals surface area contributed by atoms with E-state index in [4.69, 9.17) is 0 Å². The molecule has 1 saturated heterocycles. The predicted octanol–water partition coefficient (Wildman–Crippen LogP) is 2.97. The number of carbonyl (C=O) groups is 1. The molecule has 1 aromatic rings. The maximum Gasteiger partial charge on any atom is 0.251 e. The lowest BCUT2D eigenvalue weighted by Gasteiger charge is -2.24. The van der Waals surface area contributed by atoms with Crippen LogP contribution in [0.1, 0.15) is 35.7 Å². The van der Waals surface area contributed by atoms with Crippen LogP contribution in [0.5, 0.6) is 0 Å². The molecule has 104 valence electrons. The molecule has 3 nitrogen and oxygen atoms in total. The van der Waals surface area contributed by atoms with Crippen molar-refractivity contribution in [3.05, 3.63) is 33.8 Å². The van der Waals surface area contributed by atoms with E-state index in [0.717, 1.165) is 28.7 Å². The van der Waals surface area contributed by atoms with Gasteiger partial charge in [0.2, 0.25) is 0 Å². The van der Waals surface area contributed by atoms with E-state index in [0.29, 0.717) is 12.6 Å². The first-order valence-electron chi connectivity index (χ1n) is 6.87. The Labute approximate surface area is 123 Å². The third-order valence-electron chi connectivity index (χ3n) is 3.83. The lowest BCUT2D eigenvalue weighted by Crippen LogP contribution is -2.40. The monoisotopic (exact) mass is 324 g/mol. The van der Waals surface area contributed by atoms with E-state index in [1.807, 2.05) is 25.1 Å². The third kappa shape index (κ3) is 3.57. The van der Waals surface area contributed by atoms with E-state index in [9.17, 15) is 4.79 Å². The predicted molar refractivity (Wildman–Crippen MR) is 81.5 cm³/mol. The SMILES string of the molecule is Cc1c(Br)cccc1C(=O)NCC(C)N1CCCC1. The van der Waals surface area contributed by atoms with E-state index in [2.05, 4.69) is 33.1 Å². The van der Waals surface area contributed by atoms with Crippen molar-refractivity contribution in [1.82, 2.24) is 10.2 Å². The number of hydrogen-bond acceptors (Lipinski definition) is 2. The van der Waals surface area contributed by atoms with Crippen molar-refractivity contribution in [3.8, 4) is 0 Å². The Hall–Kier alpha value is -0.870. The van der Waals surface area contributed by atoms with Crippen LogP contribution < -0.4 is 5.32 Å². The number of nitrogens with zero attached hydrogens (tertiary/aromatic N) is 1. The van der Waals surface area contributed by atoms with Crippen molar-refractivity contribution in [2.75, 3.05) is 19.6 Å². The van der Waals surface area contributed by atoms with Gasteiger partial charge in [0.25, 0.3) is 5.91 Å². The molecule has 1 atom stereocenters. The van der Waals surface area contributed by atoms with Gasteiger partial charge < -0.3 is 5.32 Å². The molecule has 0 radical (unpaired) electrons. The van der Waals surface area contributed by atoms with Crippen molar-refractivity contribution >= 4 is 21.8 Å². The quantitative estimate of drug-likeness (QED) is 0.923. The average Bonchev–Trinajstić information content (AvgIpc) is 2.93. The van der Waals surface area contributed by atoms with Crippen LogP contribution in [-0.4, -0.2) is 36.5 Å². The van der Waals surface area contributed by atoms with Crippen LogP contribution >= 0.6 is 15.9 Å². The van der Waals surface area contributed by atoms with E-state index in [1.54, 1.807) is 0 Å². The summed E-state index contributed by atoms with van der Waals surface area (Å²) in [5.41, 5.74) is 1.75. The molecule has 1 heterocycles. The maximum absolute atomic E-state index is 12.2. The Morgan fingerprint density at radius 1 is 1.42 bits per heavy atom. The van der Waals surface area contributed by atoms with E-state index in [-0.39, 0.29) is 5.91 Å². The van der Waals surface area contributed by atoms with Crippen LogP contribution in [0, 0.1) is 6.92 Å². The zero-order valence-electron chi connectivity index (χ0n) is 11.6. The van der Waals surface area contributed by atoms with E-state index < -0.39 is 0 Å². The molecule has 1 amide bonds. The van der Waals surface area contributed by atoms with Gasteiger partial charge in [-0.2, -0.15) is 0 Å². The maximum atomic E-state index is 12.2. The van der Waals surface area contributed by atoms with Crippen molar-refractivity contribution < 1.29 is 4.79 Å². The summed E-state index contributed by atoms with van der Waals surface area (Å²) < 4.78 is 0.979. The average molecular weight is 325 g/mol. The molecule has 1 fully saturated rings. The molecule has 0 aliphatic carbocycles. The minimum atomic E-state index is 0.0184. The number of carbonyl (C=O) groups excluding carboxylic acids is 1. The summed E-state index contributed by atoms with van der Waals surface area (Å²) in [6, 6.07) is 6.14. The molecule has 2 rings (SSSR count). The van der Waals surface area contributed by atoms with Crippen LogP contribution in [0.4, 0.5) is 0 Å². The van der Waals surface area contributed by atoms with Gasteiger partial charge in [-0.3, -0.25) is 9.69 Å². The standard InChI is InChI=1S/C15H21BrN2O/c1-11(18-8-3-4-9-18)10-17-15(19)13-6-5-7-14(16)12(13)2/h5-7,11H,3-4,8-10H2,1-2H3,(H,17,19). The van der Waals surface area contributed by atoms with Gasteiger partial charge in [0.1, 0.15) is 0 Å². The van der Waals surface area contributed by atoms with Crippen LogP contribution in [0.3, 0.4) is 0 Å². The summed E-state index contributed by atoms with van der Waals surface area (Å²) in [5, 5.41) is 3.04. The minimum absolute atomic E-state index is 0.0184. The number of halogens is 1. The van der Waals surface area contributed by atoms with Crippen LogP contribution in [0.25, 0.3) is 0 Å². The number of hydrogen-bond donors (Lipinski definition) is 1. The van der Waals surface area contributed by atoms with Crippen molar-refractivity contribution in [2.45, 2.75) is 32.7 Å². The van der Waals surface area contributed by atoms with Crippen LogP contribution in [0.2, 0.25) is 0 Å². The minimum Gasteiger partial charge on any atom is -0.350 e. The van der Waals surface area contributed by atoms with E-state index in [1.165, 1.54) is 12.8 Å². The molecule has 4 heteroatoms. The van der Waals surface area contributed by atoms with E-state index >= 15 is 0 Å². The Morgan fingerprint density at radius 3 is 2.79 bits per heavy atom. The fourth-order valence-electron chi connectivity index (χ4n) is 2.50. The second-order valence-corrected chi connectivity index (χ2v) is 6.07. The number of nitrogens with one attached hydrogen (secondary N) is 1. The van der Waals surface area contributed by atoms with Gasteiger partial charge in [0.15, 0.2) is 0 Å². The molecule has 1 aromatic carbocycles. The molecule has 1 unspecified atom stereocenters.